The van der Waals surface area contributed by atoms with Gasteiger partial charge in [-0.1, -0.05) is 18.2 Å². The first-order chi connectivity index (χ1) is 14.7. The van der Waals surface area contributed by atoms with Crippen molar-refractivity contribution in [3.05, 3.63) is 58.7 Å². The number of benzene rings is 2. The number of rotatable bonds is 6. The minimum atomic E-state index is -3.57. The molecule has 168 valence electrons. The maximum atomic E-state index is 13.1. The van der Waals surface area contributed by atoms with E-state index in [-0.39, 0.29) is 6.04 Å². The fourth-order valence-corrected chi connectivity index (χ4v) is 5.66. The zero-order valence-corrected chi connectivity index (χ0v) is 19.9. The normalized spacial score (nSPS) is 18.9. The molecular weight excluding hydrogens is 408 g/mol. The number of nitrogens with zero attached hydrogens (tertiary/aromatic N) is 3. The number of likely N-dealkylation sites (N-methyl/N-ethyl adjacent to an activating group) is 2. The molecule has 4 rings (SSSR count). The molecule has 0 aliphatic carbocycles. The van der Waals surface area contributed by atoms with E-state index in [1.54, 1.807) is 12.1 Å². The van der Waals surface area contributed by atoms with Crippen molar-refractivity contribution in [2.75, 3.05) is 58.3 Å². The molecule has 0 radical (unpaired) electrons. The average Bonchev–Trinajstić information content (AvgIpc) is 3.11. The van der Waals surface area contributed by atoms with Crippen LogP contribution in [0, 0.1) is 13.8 Å². The largest absolute Gasteiger partial charge is 0.374 e. The van der Waals surface area contributed by atoms with E-state index in [1.165, 1.54) is 16.8 Å². The molecule has 2 aliphatic heterocycles. The number of aryl methyl sites for hydroxylation is 2. The highest BCUT2D eigenvalue weighted by atomic mass is 32.2. The molecule has 6 nitrogen and oxygen atoms in total. The van der Waals surface area contributed by atoms with E-state index in [2.05, 4.69) is 51.7 Å². The van der Waals surface area contributed by atoms with Gasteiger partial charge in [-0.15, -0.1) is 0 Å². The van der Waals surface area contributed by atoms with Crippen molar-refractivity contribution in [2.24, 2.45) is 0 Å². The van der Waals surface area contributed by atoms with E-state index >= 15 is 0 Å². The Morgan fingerprint density at radius 3 is 2.39 bits per heavy atom. The second kappa shape index (κ2) is 8.90. The van der Waals surface area contributed by atoms with Crippen molar-refractivity contribution in [3.8, 4) is 0 Å². The van der Waals surface area contributed by atoms with Crippen molar-refractivity contribution >= 4 is 15.7 Å². The van der Waals surface area contributed by atoms with E-state index < -0.39 is 10.0 Å². The number of fused-ring (bicyclic) bond motifs is 1. The summed E-state index contributed by atoms with van der Waals surface area (Å²) in [6.45, 7) is 9.21. The topological polar surface area (TPSA) is 55.9 Å². The van der Waals surface area contributed by atoms with Gasteiger partial charge in [-0.05, 0) is 67.8 Å². The first-order valence-corrected chi connectivity index (χ1v) is 12.6. The van der Waals surface area contributed by atoms with Gasteiger partial charge >= 0.3 is 0 Å². The summed E-state index contributed by atoms with van der Waals surface area (Å²) < 4.78 is 29.0. The molecule has 2 aromatic rings. The zero-order valence-electron chi connectivity index (χ0n) is 19.1. The average molecular weight is 443 g/mol. The number of hydrogen-bond acceptors (Lipinski definition) is 5. The van der Waals surface area contributed by atoms with Crippen molar-refractivity contribution < 1.29 is 8.42 Å². The summed E-state index contributed by atoms with van der Waals surface area (Å²) in [5, 5.41) is 0. The maximum absolute atomic E-state index is 13.1. The Morgan fingerprint density at radius 1 is 0.935 bits per heavy atom. The standard InChI is InChI=1S/C24H34N4O2S/c1-18-5-7-22(15-19(18)2)31(29,30)25-17-24(28-13-11-26(3)12-14-28)20-6-8-23-21(16-20)9-10-27(23)4/h5-8,15-16,24-25H,9-14,17H2,1-4H3. The van der Waals surface area contributed by atoms with Gasteiger partial charge in [0.05, 0.1) is 4.90 Å². The predicted molar refractivity (Wildman–Crippen MR) is 126 cm³/mol. The smallest absolute Gasteiger partial charge is 0.240 e. The SMILES string of the molecule is Cc1ccc(S(=O)(=O)NCC(c2ccc3c(c2)CCN3C)N2CCN(C)CC2)cc1C. The monoisotopic (exact) mass is 442 g/mol. The zero-order chi connectivity index (χ0) is 22.2. The summed E-state index contributed by atoms with van der Waals surface area (Å²) in [5.41, 5.74) is 5.92. The molecule has 1 atom stereocenters. The molecule has 2 aromatic carbocycles. The number of sulfonamides is 1. The highest BCUT2D eigenvalue weighted by Gasteiger charge is 2.27. The van der Waals surface area contributed by atoms with Gasteiger partial charge in [0.15, 0.2) is 0 Å². The summed E-state index contributed by atoms with van der Waals surface area (Å²) in [6, 6.07) is 12.0. The van der Waals surface area contributed by atoms with Crippen LogP contribution in [0.1, 0.15) is 28.3 Å². The lowest BCUT2D eigenvalue weighted by Crippen LogP contribution is -2.48. The third-order valence-electron chi connectivity index (χ3n) is 6.85. The first kappa shape index (κ1) is 22.3. The Morgan fingerprint density at radius 2 is 1.68 bits per heavy atom. The molecule has 1 saturated heterocycles. The van der Waals surface area contributed by atoms with Crippen LogP contribution < -0.4 is 9.62 Å². The lowest BCUT2D eigenvalue weighted by atomic mass is 10.0. The number of anilines is 1. The van der Waals surface area contributed by atoms with Crippen LogP contribution in [-0.4, -0.2) is 71.6 Å². The van der Waals surface area contributed by atoms with Gasteiger partial charge in [0, 0.05) is 58.0 Å². The van der Waals surface area contributed by atoms with Gasteiger partial charge in [0.2, 0.25) is 10.0 Å². The summed E-state index contributed by atoms with van der Waals surface area (Å²) >= 11 is 0. The van der Waals surface area contributed by atoms with Crippen LogP contribution in [0.3, 0.4) is 0 Å². The molecule has 1 fully saturated rings. The fraction of sp³-hybridized carbons (Fsp3) is 0.500. The number of nitrogens with one attached hydrogen (secondary N) is 1. The second-order valence-corrected chi connectivity index (χ2v) is 10.8. The Balaban J connectivity index is 1.58. The van der Waals surface area contributed by atoms with Crippen LogP contribution in [0.15, 0.2) is 41.3 Å². The Hall–Kier alpha value is -1.93. The molecule has 7 heteroatoms. The third kappa shape index (κ3) is 4.80. The second-order valence-electron chi connectivity index (χ2n) is 9.01. The molecule has 2 heterocycles. The van der Waals surface area contributed by atoms with E-state index in [0.29, 0.717) is 11.4 Å². The Labute approximate surface area is 186 Å². The van der Waals surface area contributed by atoms with Gasteiger partial charge in [-0.25, -0.2) is 13.1 Å². The van der Waals surface area contributed by atoms with Crippen molar-refractivity contribution in [2.45, 2.75) is 31.2 Å². The molecule has 0 saturated carbocycles. The fourth-order valence-electron chi connectivity index (χ4n) is 4.54. The molecular formula is C24H34N4O2S. The van der Waals surface area contributed by atoms with Crippen molar-refractivity contribution in [1.29, 1.82) is 0 Å². The maximum Gasteiger partial charge on any atom is 0.240 e. The van der Waals surface area contributed by atoms with E-state index in [4.69, 9.17) is 0 Å². The van der Waals surface area contributed by atoms with Gasteiger partial charge < -0.3 is 9.80 Å². The van der Waals surface area contributed by atoms with Crippen molar-refractivity contribution in [1.82, 2.24) is 14.5 Å². The lowest BCUT2D eigenvalue weighted by Gasteiger charge is -2.38. The summed E-state index contributed by atoms with van der Waals surface area (Å²) in [6.07, 6.45) is 1.05. The molecule has 31 heavy (non-hydrogen) atoms. The number of hydrogen-bond donors (Lipinski definition) is 1. The molecule has 1 N–H and O–H groups in total. The van der Waals surface area contributed by atoms with Gasteiger partial charge in [0.25, 0.3) is 0 Å². The minimum absolute atomic E-state index is 0.0197. The highest BCUT2D eigenvalue weighted by Crippen LogP contribution is 2.31. The molecule has 0 amide bonds. The lowest BCUT2D eigenvalue weighted by molar-refractivity contribution is 0.113. The van der Waals surface area contributed by atoms with E-state index in [1.807, 2.05) is 19.9 Å². The van der Waals surface area contributed by atoms with Crippen LogP contribution in [0.5, 0.6) is 0 Å². The highest BCUT2D eigenvalue weighted by molar-refractivity contribution is 7.89. The Kier molecular flexibility index (Phi) is 6.40. The van der Waals surface area contributed by atoms with Gasteiger partial charge in [-0.2, -0.15) is 0 Å². The van der Waals surface area contributed by atoms with E-state index in [0.717, 1.165) is 50.3 Å². The summed E-state index contributed by atoms with van der Waals surface area (Å²) in [4.78, 5) is 7.36. The predicted octanol–water partition coefficient (Wildman–Crippen LogP) is 2.56. The van der Waals surface area contributed by atoms with Crippen molar-refractivity contribution in [3.63, 3.8) is 0 Å². The van der Waals surface area contributed by atoms with Crippen LogP contribution >= 0.6 is 0 Å². The van der Waals surface area contributed by atoms with Gasteiger partial charge in [-0.3, -0.25) is 4.90 Å². The van der Waals surface area contributed by atoms with Gasteiger partial charge in [0.1, 0.15) is 0 Å². The molecule has 1 unspecified atom stereocenters. The number of piperazine rings is 1. The molecule has 2 aliphatic rings. The van der Waals surface area contributed by atoms with Crippen LogP contribution in [-0.2, 0) is 16.4 Å². The van der Waals surface area contributed by atoms with Crippen LogP contribution in [0.2, 0.25) is 0 Å². The van der Waals surface area contributed by atoms with Crippen LogP contribution in [0.4, 0.5) is 5.69 Å². The molecule has 0 spiro atoms. The first-order valence-electron chi connectivity index (χ1n) is 11.1. The summed E-state index contributed by atoms with van der Waals surface area (Å²) in [5.74, 6) is 0. The molecule has 0 aromatic heterocycles. The molecule has 0 bridgehead atoms. The Bertz CT molecular complexity index is 1050. The van der Waals surface area contributed by atoms with Crippen LogP contribution in [0.25, 0.3) is 0 Å². The quantitative estimate of drug-likeness (QED) is 0.745. The summed E-state index contributed by atoms with van der Waals surface area (Å²) in [7, 11) is 0.697. The van der Waals surface area contributed by atoms with E-state index in [9.17, 15) is 8.42 Å². The third-order valence-corrected chi connectivity index (χ3v) is 8.27. The minimum Gasteiger partial charge on any atom is -0.374 e.